The molecule has 7 heteroatoms. The number of rotatable bonds is 5. The number of aromatic hydroxyl groups is 1. The number of aryl methyl sites for hydroxylation is 1. The van der Waals surface area contributed by atoms with E-state index in [1.54, 1.807) is 24.3 Å². The summed E-state index contributed by atoms with van der Waals surface area (Å²) < 4.78 is 1.96. The highest BCUT2D eigenvalue weighted by molar-refractivity contribution is 7.99. The van der Waals surface area contributed by atoms with E-state index < -0.39 is 0 Å². The number of hydrogen-bond donors (Lipinski definition) is 2. The van der Waals surface area contributed by atoms with Crippen LogP contribution >= 0.6 is 11.8 Å². The van der Waals surface area contributed by atoms with E-state index in [1.165, 1.54) is 18.0 Å². The number of fused-ring (bicyclic) bond motifs is 1. The van der Waals surface area contributed by atoms with Crippen molar-refractivity contribution < 1.29 is 9.90 Å². The number of para-hydroxylation sites is 2. The van der Waals surface area contributed by atoms with Gasteiger partial charge in [-0.2, -0.15) is 5.10 Å². The number of carbonyl (C=O) groups is 1. The SMILES string of the molecule is Cn1c(SCC(=O)N/N=C/c2cccc(O)c2)nc2ccccc21. The lowest BCUT2D eigenvalue weighted by Crippen LogP contribution is -2.19. The van der Waals surface area contributed by atoms with Gasteiger partial charge in [-0.25, -0.2) is 10.4 Å². The van der Waals surface area contributed by atoms with Crippen molar-refractivity contribution in [1.82, 2.24) is 15.0 Å². The molecule has 0 saturated carbocycles. The van der Waals surface area contributed by atoms with Crippen LogP contribution in [0.2, 0.25) is 0 Å². The summed E-state index contributed by atoms with van der Waals surface area (Å²) in [7, 11) is 1.93. The number of nitrogens with zero attached hydrogens (tertiary/aromatic N) is 3. The molecule has 2 aromatic carbocycles. The van der Waals surface area contributed by atoms with Gasteiger partial charge in [0.05, 0.1) is 23.0 Å². The normalized spacial score (nSPS) is 11.2. The summed E-state index contributed by atoms with van der Waals surface area (Å²) in [5.41, 5.74) is 5.11. The first-order valence-corrected chi connectivity index (χ1v) is 8.27. The third-order valence-corrected chi connectivity index (χ3v) is 4.38. The summed E-state index contributed by atoms with van der Waals surface area (Å²) in [6.07, 6.45) is 1.48. The van der Waals surface area contributed by atoms with Crippen LogP contribution in [-0.4, -0.2) is 32.5 Å². The lowest BCUT2D eigenvalue weighted by molar-refractivity contribution is -0.118. The highest BCUT2D eigenvalue weighted by Gasteiger charge is 2.09. The maximum Gasteiger partial charge on any atom is 0.250 e. The molecule has 2 N–H and O–H groups in total. The minimum Gasteiger partial charge on any atom is -0.508 e. The summed E-state index contributed by atoms with van der Waals surface area (Å²) in [5, 5.41) is 14.0. The standard InChI is InChI=1S/C17H16N4O2S/c1-21-15-8-3-2-7-14(15)19-17(21)24-11-16(23)20-18-10-12-5-4-6-13(22)9-12/h2-10,22H,11H2,1H3,(H,20,23)/b18-10+. The fourth-order valence-corrected chi connectivity index (χ4v) is 2.98. The van der Waals surface area contributed by atoms with E-state index in [0.29, 0.717) is 5.56 Å². The summed E-state index contributed by atoms with van der Waals surface area (Å²) >= 11 is 1.36. The molecule has 0 aliphatic carbocycles. The quantitative estimate of drug-likeness (QED) is 0.425. The number of aromatic nitrogens is 2. The smallest absolute Gasteiger partial charge is 0.250 e. The van der Waals surface area contributed by atoms with Crippen molar-refractivity contribution in [2.24, 2.45) is 12.1 Å². The topological polar surface area (TPSA) is 79.5 Å². The fraction of sp³-hybridized carbons (Fsp3) is 0.118. The van der Waals surface area contributed by atoms with E-state index in [2.05, 4.69) is 15.5 Å². The fourth-order valence-electron chi connectivity index (χ4n) is 2.20. The van der Waals surface area contributed by atoms with Crippen molar-refractivity contribution in [3.05, 3.63) is 54.1 Å². The molecule has 0 bridgehead atoms. The zero-order valence-electron chi connectivity index (χ0n) is 13.0. The summed E-state index contributed by atoms with van der Waals surface area (Å²) in [6.45, 7) is 0. The Bertz CT molecular complexity index is 904. The molecular formula is C17H16N4O2S. The van der Waals surface area contributed by atoms with Gasteiger partial charge in [0.2, 0.25) is 0 Å². The molecule has 0 spiro atoms. The van der Waals surface area contributed by atoms with Crippen LogP contribution in [0.25, 0.3) is 11.0 Å². The van der Waals surface area contributed by atoms with Gasteiger partial charge in [-0.3, -0.25) is 4.79 Å². The Morgan fingerprint density at radius 1 is 1.33 bits per heavy atom. The second-order valence-electron chi connectivity index (χ2n) is 5.12. The number of benzene rings is 2. The Hall–Kier alpha value is -2.80. The lowest BCUT2D eigenvalue weighted by Gasteiger charge is -2.01. The molecule has 0 atom stereocenters. The summed E-state index contributed by atoms with van der Waals surface area (Å²) in [6, 6.07) is 14.5. The summed E-state index contributed by atoms with van der Waals surface area (Å²) in [4.78, 5) is 16.4. The van der Waals surface area contributed by atoms with Crippen molar-refractivity contribution in [3.63, 3.8) is 0 Å². The monoisotopic (exact) mass is 340 g/mol. The molecule has 1 aromatic heterocycles. The number of phenolic OH excluding ortho intramolecular Hbond substituents is 1. The molecule has 3 rings (SSSR count). The molecule has 0 aliphatic heterocycles. The number of carbonyl (C=O) groups excluding carboxylic acids is 1. The van der Waals surface area contributed by atoms with Crippen LogP contribution in [0.1, 0.15) is 5.56 Å². The van der Waals surface area contributed by atoms with Crippen LogP contribution in [-0.2, 0) is 11.8 Å². The zero-order chi connectivity index (χ0) is 16.9. The predicted molar refractivity (Wildman–Crippen MR) is 95.3 cm³/mol. The van der Waals surface area contributed by atoms with E-state index in [9.17, 15) is 9.90 Å². The molecule has 0 saturated heterocycles. The molecule has 0 fully saturated rings. The average Bonchev–Trinajstić information content (AvgIpc) is 2.90. The minimum absolute atomic E-state index is 0.155. The third kappa shape index (κ3) is 3.75. The third-order valence-electron chi connectivity index (χ3n) is 3.35. The van der Waals surface area contributed by atoms with Gasteiger partial charge in [-0.05, 0) is 29.8 Å². The summed E-state index contributed by atoms with van der Waals surface area (Å²) in [5.74, 6) is 0.153. The van der Waals surface area contributed by atoms with Crippen LogP contribution < -0.4 is 5.43 Å². The number of hydrazone groups is 1. The maximum absolute atomic E-state index is 11.9. The molecule has 1 heterocycles. The van der Waals surface area contributed by atoms with E-state index in [4.69, 9.17) is 0 Å². The van der Waals surface area contributed by atoms with Gasteiger partial charge in [0.25, 0.3) is 5.91 Å². The van der Waals surface area contributed by atoms with E-state index in [-0.39, 0.29) is 17.4 Å². The number of nitrogens with one attached hydrogen (secondary N) is 1. The van der Waals surface area contributed by atoms with Crippen molar-refractivity contribution in [2.45, 2.75) is 5.16 Å². The van der Waals surface area contributed by atoms with E-state index >= 15 is 0 Å². The molecular weight excluding hydrogens is 324 g/mol. The number of imidazole rings is 1. The Kier molecular flexibility index (Phi) is 4.81. The Morgan fingerprint density at radius 3 is 2.96 bits per heavy atom. The molecule has 24 heavy (non-hydrogen) atoms. The first-order valence-electron chi connectivity index (χ1n) is 7.28. The van der Waals surface area contributed by atoms with E-state index in [0.717, 1.165) is 16.2 Å². The van der Waals surface area contributed by atoms with Gasteiger partial charge in [0.15, 0.2) is 5.16 Å². The van der Waals surface area contributed by atoms with Crippen LogP contribution in [0.15, 0.2) is 58.8 Å². The number of phenols is 1. The Morgan fingerprint density at radius 2 is 2.17 bits per heavy atom. The minimum atomic E-state index is -0.219. The van der Waals surface area contributed by atoms with Gasteiger partial charge in [-0.1, -0.05) is 36.0 Å². The average molecular weight is 340 g/mol. The highest BCUT2D eigenvalue weighted by Crippen LogP contribution is 2.22. The first-order chi connectivity index (χ1) is 11.6. The zero-order valence-corrected chi connectivity index (χ0v) is 13.8. The van der Waals surface area contributed by atoms with Crippen LogP contribution in [0.4, 0.5) is 0 Å². The van der Waals surface area contributed by atoms with Crippen LogP contribution in [0.3, 0.4) is 0 Å². The van der Waals surface area contributed by atoms with Crippen LogP contribution in [0.5, 0.6) is 5.75 Å². The predicted octanol–water partition coefficient (Wildman–Crippen LogP) is 2.52. The number of hydrogen-bond acceptors (Lipinski definition) is 5. The van der Waals surface area contributed by atoms with Gasteiger partial charge in [-0.15, -0.1) is 0 Å². The van der Waals surface area contributed by atoms with E-state index in [1.807, 2.05) is 35.9 Å². The lowest BCUT2D eigenvalue weighted by atomic mass is 10.2. The van der Waals surface area contributed by atoms with Crippen LogP contribution in [0, 0.1) is 0 Å². The maximum atomic E-state index is 11.9. The molecule has 0 unspecified atom stereocenters. The number of amides is 1. The van der Waals surface area contributed by atoms with Crippen molar-refractivity contribution in [3.8, 4) is 5.75 Å². The van der Waals surface area contributed by atoms with Crippen molar-refractivity contribution in [2.75, 3.05) is 5.75 Å². The van der Waals surface area contributed by atoms with Crippen molar-refractivity contribution in [1.29, 1.82) is 0 Å². The van der Waals surface area contributed by atoms with Gasteiger partial charge >= 0.3 is 0 Å². The Balaban J connectivity index is 1.56. The first kappa shape index (κ1) is 16.1. The molecule has 3 aromatic rings. The molecule has 1 amide bonds. The molecule has 0 aliphatic rings. The largest absolute Gasteiger partial charge is 0.508 e. The highest BCUT2D eigenvalue weighted by atomic mass is 32.2. The Labute approximate surface area is 143 Å². The van der Waals surface area contributed by atoms with Gasteiger partial charge < -0.3 is 9.67 Å². The number of thioether (sulfide) groups is 1. The second kappa shape index (κ2) is 7.18. The molecule has 0 radical (unpaired) electrons. The molecule has 122 valence electrons. The van der Waals surface area contributed by atoms with Crippen molar-refractivity contribution >= 4 is 34.9 Å². The second-order valence-corrected chi connectivity index (χ2v) is 6.06. The molecule has 6 nitrogen and oxygen atoms in total. The van der Waals surface area contributed by atoms with Gasteiger partial charge in [0, 0.05) is 7.05 Å². The van der Waals surface area contributed by atoms with Gasteiger partial charge in [0.1, 0.15) is 5.75 Å².